The predicted octanol–water partition coefficient (Wildman–Crippen LogP) is -6.53. The summed E-state index contributed by atoms with van der Waals surface area (Å²) in [5.41, 5.74) is 4.72. The summed E-state index contributed by atoms with van der Waals surface area (Å²) in [6.07, 6.45) is 1.32. The lowest BCUT2D eigenvalue weighted by atomic mass is 10.2. The molecule has 0 aliphatic rings. The summed E-state index contributed by atoms with van der Waals surface area (Å²) in [6, 6.07) is -4.62. The van der Waals surface area contributed by atoms with Crippen LogP contribution in [0.5, 0.6) is 0 Å². The zero-order valence-electron chi connectivity index (χ0n) is 22.3. The number of rotatable bonds is 16. The molecule has 1 heterocycles. The largest absolute Gasteiger partial charge is 0.377 e. The monoisotopic (exact) mass is 604 g/mol. The van der Waals surface area contributed by atoms with Crippen LogP contribution in [0, 0.1) is 0 Å². The smallest absolute Gasteiger partial charge is 0.348 e. The average Bonchev–Trinajstić information content (AvgIpc) is 3.37. The molecule has 10 N–H and O–H groups in total. The normalized spacial score (nSPS) is 13.9. The second kappa shape index (κ2) is 16.1. The summed E-state index contributed by atoms with van der Waals surface area (Å²) in [6.45, 7) is 2.17. The molecular formula is C20H33N10O10P. The van der Waals surface area contributed by atoms with Gasteiger partial charge in [0.05, 0.1) is 38.4 Å². The van der Waals surface area contributed by atoms with Crippen LogP contribution in [-0.2, 0) is 44.7 Å². The maximum Gasteiger partial charge on any atom is 0.377 e. The van der Waals surface area contributed by atoms with Gasteiger partial charge in [-0.3, -0.25) is 33.3 Å². The molecule has 0 aromatic carbocycles. The molecule has 0 saturated heterocycles. The van der Waals surface area contributed by atoms with E-state index in [2.05, 4.69) is 42.2 Å². The number of nitrogens with zero attached hydrogens (tertiary/aromatic N) is 3. The maximum absolute atomic E-state index is 12.9. The van der Waals surface area contributed by atoms with Gasteiger partial charge in [-0.05, 0) is 20.8 Å². The predicted molar refractivity (Wildman–Crippen MR) is 138 cm³/mol. The molecule has 4 atom stereocenters. The highest BCUT2D eigenvalue weighted by atomic mass is 31.2. The van der Waals surface area contributed by atoms with E-state index in [1.807, 2.05) is 0 Å². The van der Waals surface area contributed by atoms with E-state index >= 15 is 0 Å². The Morgan fingerprint density at radius 3 is 1.98 bits per heavy atom. The first-order valence-corrected chi connectivity index (χ1v) is 13.5. The summed E-state index contributed by atoms with van der Waals surface area (Å²) in [5.74, 6) is -4.59. The lowest BCUT2D eigenvalue weighted by Crippen LogP contribution is -2.56. The van der Waals surface area contributed by atoms with Crippen LogP contribution in [0.25, 0.3) is 0 Å². The quantitative estimate of drug-likeness (QED) is 0.0627. The Morgan fingerprint density at radius 1 is 0.902 bits per heavy atom. The van der Waals surface area contributed by atoms with Gasteiger partial charge in [0.15, 0.2) is 5.44 Å². The topological polar surface area (TPSA) is 306 Å². The van der Waals surface area contributed by atoms with Crippen molar-refractivity contribution in [3.63, 3.8) is 0 Å². The Morgan fingerprint density at radius 2 is 1.44 bits per heavy atom. The summed E-state index contributed by atoms with van der Waals surface area (Å²) in [4.78, 5) is 102. The van der Waals surface area contributed by atoms with Crippen molar-refractivity contribution >= 4 is 54.8 Å². The SMILES string of the molecule is C[C@H](N)C(=O)NCC(=O)N[C@@H](Cn1cc(P(=O)(O)O)nn1)C(=O)N[C@@H](C)C(=O)NCC(=O)N[C@@H](C)C(=O)NCC=O. The van der Waals surface area contributed by atoms with Crippen molar-refractivity contribution < 1.29 is 47.9 Å². The second-order valence-electron chi connectivity index (χ2n) is 8.62. The number of aromatic nitrogens is 3. The van der Waals surface area contributed by atoms with E-state index in [1.54, 1.807) is 0 Å². The molecule has 0 saturated carbocycles. The minimum Gasteiger partial charge on any atom is -0.348 e. The van der Waals surface area contributed by atoms with Gasteiger partial charge in [0.1, 0.15) is 24.4 Å². The summed E-state index contributed by atoms with van der Waals surface area (Å²) < 4.78 is 12.3. The van der Waals surface area contributed by atoms with Gasteiger partial charge < -0.3 is 52.2 Å². The van der Waals surface area contributed by atoms with E-state index in [-0.39, 0.29) is 6.54 Å². The molecule has 0 aliphatic heterocycles. The Kier molecular flexibility index (Phi) is 13.7. The molecule has 20 nitrogen and oxygen atoms in total. The van der Waals surface area contributed by atoms with Crippen molar-refractivity contribution in [2.45, 2.75) is 51.5 Å². The van der Waals surface area contributed by atoms with Crippen LogP contribution >= 0.6 is 7.60 Å². The number of carbonyl (C=O) groups is 7. The maximum atomic E-state index is 12.9. The Balaban J connectivity index is 2.82. The first-order chi connectivity index (χ1) is 19.0. The van der Waals surface area contributed by atoms with Crippen molar-refractivity contribution in [3.8, 4) is 0 Å². The highest BCUT2D eigenvalue weighted by Gasteiger charge is 2.28. The number of carbonyl (C=O) groups excluding carboxylic acids is 7. The number of nitrogens with one attached hydrogen (secondary N) is 6. The zero-order chi connectivity index (χ0) is 31.3. The van der Waals surface area contributed by atoms with Gasteiger partial charge in [-0.15, -0.1) is 5.10 Å². The molecule has 41 heavy (non-hydrogen) atoms. The summed E-state index contributed by atoms with van der Waals surface area (Å²) >= 11 is 0. The van der Waals surface area contributed by atoms with Crippen molar-refractivity contribution in [1.29, 1.82) is 0 Å². The molecule has 0 bridgehead atoms. The number of hydrogen-bond donors (Lipinski definition) is 9. The molecule has 1 aromatic heterocycles. The Labute approximate surface area is 233 Å². The van der Waals surface area contributed by atoms with Gasteiger partial charge in [0.25, 0.3) is 0 Å². The van der Waals surface area contributed by atoms with E-state index in [1.165, 1.54) is 20.8 Å². The van der Waals surface area contributed by atoms with Gasteiger partial charge in [0.2, 0.25) is 35.4 Å². The highest BCUT2D eigenvalue weighted by Crippen LogP contribution is 2.31. The minimum absolute atomic E-state index is 0.238. The second-order valence-corrected chi connectivity index (χ2v) is 10.2. The molecule has 1 rings (SSSR count). The molecular weight excluding hydrogens is 571 g/mol. The molecule has 1 aromatic rings. The lowest BCUT2D eigenvalue weighted by molar-refractivity contribution is -0.133. The van der Waals surface area contributed by atoms with Crippen LogP contribution in [0.4, 0.5) is 0 Å². The number of hydrogen-bond acceptors (Lipinski definition) is 11. The fraction of sp³-hybridized carbons (Fsp3) is 0.550. The van der Waals surface area contributed by atoms with Crippen LogP contribution in [0.2, 0.25) is 0 Å². The van der Waals surface area contributed by atoms with Crippen LogP contribution in [0.15, 0.2) is 6.20 Å². The third kappa shape index (κ3) is 12.6. The first kappa shape index (κ1) is 34.8. The van der Waals surface area contributed by atoms with Crippen LogP contribution in [0.3, 0.4) is 0 Å². The van der Waals surface area contributed by atoms with E-state index in [0.717, 1.165) is 10.9 Å². The van der Waals surface area contributed by atoms with Crippen molar-refractivity contribution in [3.05, 3.63) is 6.20 Å². The molecule has 21 heteroatoms. The zero-order valence-corrected chi connectivity index (χ0v) is 23.2. The molecule has 0 aliphatic carbocycles. The first-order valence-electron chi connectivity index (χ1n) is 11.9. The van der Waals surface area contributed by atoms with Gasteiger partial charge >= 0.3 is 7.60 Å². The van der Waals surface area contributed by atoms with Crippen molar-refractivity contribution in [2.75, 3.05) is 19.6 Å². The van der Waals surface area contributed by atoms with Gasteiger partial charge in [-0.1, -0.05) is 5.21 Å². The highest BCUT2D eigenvalue weighted by molar-refractivity contribution is 7.59. The van der Waals surface area contributed by atoms with E-state index < -0.39 is 92.3 Å². The lowest BCUT2D eigenvalue weighted by Gasteiger charge is -2.21. The third-order valence-electron chi connectivity index (χ3n) is 4.99. The third-order valence-corrected chi connectivity index (χ3v) is 5.79. The Hall–Kier alpha value is -4.26. The average molecular weight is 605 g/mol. The van der Waals surface area contributed by atoms with Gasteiger partial charge in [-0.2, -0.15) is 0 Å². The van der Waals surface area contributed by atoms with Gasteiger partial charge in [-0.25, -0.2) is 4.68 Å². The van der Waals surface area contributed by atoms with Crippen molar-refractivity contribution in [2.24, 2.45) is 5.73 Å². The van der Waals surface area contributed by atoms with Gasteiger partial charge in [0, 0.05) is 0 Å². The summed E-state index contributed by atoms with van der Waals surface area (Å²) in [5, 5.41) is 20.5. The minimum atomic E-state index is -4.76. The van der Waals surface area contributed by atoms with Crippen LogP contribution in [-0.4, -0.2) is 110 Å². The fourth-order valence-electron chi connectivity index (χ4n) is 2.82. The molecule has 6 amide bonds. The number of amides is 6. The van der Waals surface area contributed by atoms with Crippen molar-refractivity contribution in [1.82, 2.24) is 46.9 Å². The molecule has 0 unspecified atom stereocenters. The van der Waals surface area contributed by atoms with E-state index in [9.17, 15) is 47.9 Å². The molecule has 0 spiro atoms. The Bertz CT molecular complexity index is 1180. The molecule has 228 valence electrons. The number of aldehydes is 1. The molecule has 0 fully saturated rings. The number of nitrogens with two attached hydrogens (primary N) is 1. The van der Waals surface area contributed by atoms with E-state index in [0.29, 0.717) is 6.29 Å². The van der Waals surface area contributed by atoms with Crippen LogP contribution < -0.4 is 43.1 Å². The summed E-state index contributed by atoms with van der Waals surface area (Å²) in [7, 11) is -4.76. The fourth-order valence-corrected chi connectivity index (χ4v) is 3.26. The standard InChI is InChI=1S/C20H33N10O10P/c1-10(21)17(34)23-7-15(33)27-13(8-30-9-16(28-29-30)41(38,39)40)20(37)26-12(3)19(36)24-6-14(32)25-11(2)18(35)22-4-5-31/h5,9-13H,4,6-8,21H2,1-3H3,(H,22,35)(H,23,34)(H,24,36)(H,25,32)(H,26,37)(H,27,33)(H2,38,39,40)/t10-,11-,12-,13-/m0/s1. The molecule has 0 radical (unpaired) electrons. The van der Waals surface area contributed by atoms with Crippen LogP contribution in [0.1, 0.15) is 20.8 Å². The van der Waals surface area contributed by atoms with E-state index in [4.69, 9.17) is 5.73 Å².